The fraction of sp³-hybridized carbons (Fsp3) is 0.314. The second kappa shape index (κ2) is 13.0. The van der Waals surface area contributed by atoms with Gasteiger partial charge in [-0.3, -0.25) is 14.2 Å². The molecule has 1 N–H and O–H groups in total. The molecule has 1 amide bonds. The fourth-order valence-corrected chi connectivity index (χ4v) is 6.33. The van der Waals surface area contributed by atoms with Gasteiger partial charge in [0.05, 0.1) is 29.6 Å². The third kappa shape index (κ3) is 6.60. The first-order valence-corrected chi connectivity index (χ1v) is 15.1. The third-order valence-corrected chi connectivity index (χ3v) is 8.67. The average molecular weight is 585 g/mol. The zero-order valence-electron chi connectivity index (χ0n) is 25.1. The molecule has 0 bridgehead atoms. The summed E-state index contributed by atoms with van der Waals surface area (Å²) < 4.78 is 3.50. The van der Waals surface area contributed by atoms with Gasteiger partial charge in [-0.1, -0.05) is 54.6 Å². The van der Waals surface area contributed by atoms with Crippen LogP contribution in [0.1, 0.15) is 54.1 Å². The summed E-state index contributed by atoms with van der Waals surface area (Å²) in [5, 5.41) is 21.4. The first kappa shape index (κ1) is 29.0. The number of rotatable bonds is 9. The lowest BCUT2D eigenvalue weighted by Gasteiger charge is -2.33. The number of nitrogens with one attached hydrogen (secondary N) is 1. The maximum atomic E-state index is 13.8. The highest BCUT2D eigenvalue weighted by atomic mass is 16.1. The highest BCUT2D eigenvalue weighted by Gasteiger charge is 2.33. The van der Waals surface area contributed by atoms with Crippen LogP contribution in [0.5, 0.6) is 0 Å². The van der Waals surface area contributed by atoms with Crippen molar-refractivity contribution in [2.24, 2.45) is 25.9 Å². The third-order valence-electron chi connectivity index (χ3n) is 8.67. The van der Waals surface area contributed by atoms with Gasteiger partial charge in [0, 0.05) is 56.8 Å². The van der Waals surface area contributed by atoms with E-state index in [1.807, 2.05) is 63.0 Å². The molecule has 1 fully saturated rings. The second-order valence-corrected chi connectivity index (χ2v) is 11.8. The van der Waals surface area contributed by atoms with E-state index >= 15 is 0 Å². The summed E-state index contributed by atoms with van der Waals surface area (Å²) in [5.41, 5.74) is 6.17. The van der Waals surface area contributed by atoms with E-state index in [0.29, 0.717) is 23.7 Å². The van der Waals surface area contributed by atoms with E-state index in [9.17, 15) is 10.1 Å². The van der Waals surface area contributed by atoms with Crippen LogP contribution < -0.4 is 5.32 Å². The number of hydrogen-bond donors (Lipinski definition) is 1. The maximum absolute atomic E-state index is 13.8. The zero-order chi connectivity index (χ0) is 30.5. The van der Waals surface area contributed by atoms with Gasteiger partial charge in [0.1, 0.15) is 11.9 Å². The number of nitriles is 1. The van der Waals surface area contributed by atoms with Crippen molar-refractivity contribution in [3.8, 4) is 28.5 Å². The summed E-state index contributed by atoms with van der Waals surface area (Å²) >= 11 is 0. The van der Waals surface area contributed by atoms with Crippen molar-refractivity contribution >= 4 is 5.91 Å². The molecular formula is C35H36N8O. The fourth-order valence-electron chi connectivity index (χ4n) is 6.33. The van der Waals surface area contributed by atoms with Gasteiger partial charge >= 0.3 is 0 Å². The van der Waals surface area contributed by atoms with Gasteiger partial charge < -0.3 is 5.32 Å². The van der Waals surface area contributed by atoms with E-state index in [-0.39, 0.29) is 17.7 Å². The van der Waals surface area contributed by atoms with Crippen molar-refractivity contribution in [3.63, 3.8) is 0 Å². The topological polar surface area (TPSA) is 114 Å². The molecule has 222 valence electrons. The van der Waals surface area contributed by atoms with Crippen molar-refractivity contribution in [1.29, 1.82) is 5.26 Å². The molecule has 1 atom stereocenters. The Balaban J connectivity index is 1.17. The summed E-state index contributed by atoms with van der Waals surface area (Å²) in [6.07, 6.45) is 13.7. The van der Waals surface area contributed by atoms with Crippen LogP contribution in [0.4, 0.5) is 0 Å². The normalized spacial score (nSPS) is 17.1. The Hall–Kier alpha value is -5.10. The number of hydrogen-bond acceptors (Lipinski definition) is 6. The Morgan fingerprint density at radius 2 is 1.59 bits per heavy atom. The van der Waals surface area contributed by atoms with Crippen LogP contribution in [0.15, 0.2) is 85.6 Å². The minimum Gasteiger partial charge on any atom is -0.351 e. The predicted octanol–water partition coefficient (Wildman–Crippen LogP) is 5.60. The predicted molar refractivity (Wildman–Crippen MR) is 168 cm³/mol. The number of carbonyl (C=O) groups is 1. The van der Waals surface area contributed by atoms with E-state index in [1.165, 1.54) is 0 Å². The number of aryl methyl sites for hydroxylation is 2. The molecule has 1 aliphatic rings. The van der Waals surface area contributed by atoms with Crippen LogP contribution in [0.2, 0.25) is 0 Å². The van der Waals surface area contributed by atoms with Gasteiger partial charge in [0.15, 0.2) is 0 Å². The van der Waals surface area contributed by atoms with E-state index in [2.05, 4.69) is 50.8 Å². The maximum Gasteiger partial charge on any atom is 0.228 e. The Kier molecular flexibility index (Phi) is 8.59. The van der Waals surface area contributed by atoms with Crippen molar-refractivity contribution < 1.29 is 4.79 Å². The molecule has 1 unspecified atom stereocenters. The molecule has 0 saturated heterocycles. The first-order valence-electron chi connectivity index (χ1n) is 15.1. The van der Waals surface area contributed by atoms with E-state index in [0.717, 1.165) is 65.7 Å². The van der Waals surface area contributed by atoms with E-state index < -0.39 is 0 Å². The molecule has 9 nitrogen and oxygen atoms in total. The SMILES string of the molecule is Cn1cc(-c2ccc(C(C(=O)NCc3ccccc3)[C@H]3CC[C@H](Cc4ncc(C#N)c(-c5cnn(C)c5)n4)CC3)cc2)cn1. The zero-order valence-corrected chi connectivity index (χ0v) is 25.1. The largest absolute Gasteiger partial charge is 0.351 e. The van der Waals surface area contributed by atoms with Gasteiger partial charge in [0.25, 0.3) is 0 Å². The van der Waals surface area contributed by atoms with Crippen molar-refractivity contribution in [3.05, 3.63) is 108 Å². The van der Waals surface area contributed by atoms with Crippen LogP contribution in [-0.2, 0) is 31.9 Å². The smallest absolute Gasteiger partial charge is 0.228 e. The van der Waals surface area contributed by atoms with Gasteiger partial charge in [-0.25, -0.2) is 9.97 Å². The average Bonchev–Trinajstić information content (AvgIpc) is 3.70. The minimum absolute atomic E-state index is 0.0722. The van der Waals surface area contributed by atoms with E-state index in [4.69, 9.17) is 4.98 Å². The number of aromatic nitrogens is 6. The van der Waals surface area contributed by atoms with Gasteiger partial charge in [-0.05, 0) is 54.2 Å². The highest BCUT2D eigenvalue weighted by molar-refractivity contribution is 5.84. The summed E-state index contributed by atoms with van der Waals surface area (Å²) in [4.78, 5) is 23.1. The molecular weight excluding hydrogens is 548 g/mol. The number of nitrogens with zero attached hydrogens (tertiary/aromatic N) is 7. The lowest BCUT2D eigenvalue weighted by Crippen LogP contribution is -2.35. The van der Waals surface area contributed by atoms with Gasteiger partial charge in [-0.2, -0.15) is 15.5 Å². The quantitative estimate of drug-likeness (QED) is 0.241. The first-order chi connectivity index (χ1) is 21.5. The number of carbonyl (C=O) groups excluding carboxylic acids is 1. The number of amides is 1. The molecule has 0 spiro atoms. The van der Waals surface area contributed by atoms with Crippen molar-refractivity contribution in [1.82, 2.24) is 34.8 Å². The number of benzene rings is 2. The van der Waals surface area contributed by atoms with Gasteiger partial charge in [0.2, 0.25) is 5.91 Å². The monoisotopic (exact) mass is 584 g/mol. The van der Waals surface area contributed by atoms with E-state index in [1.54, 1.807) is 21.8 Å². The van der Waals surface area contributed by atoms with Crippen LogP contribution in [0.3, 0.4) is 0 Å². The summed E-state index contributed by atoms with van der Waals surface area (Å²) in [7, 11) is 3.76. The summed E-state index contributed by atoms with van der Waals surface area (Å²) in [5.74, 6) is 1.24. The Bertz CT molecular complexity index is 1760. The van der Waals surface area contributed by atoms with Crippen LogP contribution >= 0.6 is 0 Å². The molecule has 3 heterocycles. The molecule has 5 aromatic rings. The molecule has 44 heavy (non-hydrogen) atoms. The molecule has 0 aliphatic heterocycles. The molecule has 0 radical (unpaired) electrons. The van der Waals surface area contributed by atoms with Gasteiger partial charge in [-0.15, -0.1) is 0 Å². The minimum atomic E-state index is -0.231. The lowest BCUT2D eigenvalue weighted by molar-refractivity contribution is -0.124. The molecule has 1 aliphatic carbocycles. The molecule has 9 heteroatoms. The van der Waals surface area contributed by atoms with Crippen LogP contribution in [-0.4, -0.2) is 35.4 Å². The highest BCUT2D eigenvalue weighted by Crippen LogP contribution is 2.40. The lowest BCUT2D eigenvalue weighted by atomic mass is 9.72. The van der Waals surface area contributed by atoms with Crippen LogP contribution in [0.25, 0.3) is 22.4 Å². The Morgan fingerprint density at radius 3 is 2.23 bits per heavy atom. The molecule has 3 aromatic heterocycles. The van der Waals surface area contributed by atoms with Crippen molar-refractivity contribution in [2.75, 3.05) is 0 Å². The summed E-state index contributed by atoms with van der Waals surface area (Å²) in [6, 6.07) is 20.7. The summed E-state index contributed by atoms with van der Waals surface area (Å²) in [6.45, 7) is 0.509. The molecule has 2 aromatic carbocycles. The Labute approximate surface area is 257 Å². The Morgan fingerprint density at radius 1 is 0.909 bits per heavy atom. The molecule has 6 rings (SSSR count). The second-order valence-electron chi connectivity index (χ2n) is 11.8. The standard InChI is InChI=1S/C35H36N8O/c1-42-22-30(20-39-42)26-12-14-28(15-13-26)33(35(44)38-18-25-6-4-3-5-7-25)27-10-8-24(9-11-27)16-32-37-19-29(17-36)34(41-32)31-21-40-43(2)23-31/h3-7,12-15,19-24,27,33H,8-11,16,18H2,1-2H3,(H,38,44)/t24-,27-,33?. The molecule has 1 saturated carbocycles. The van der Waals surface area contributed by atoms with Crippen LogP contribution in [0, 0.1) is 23.2 Å². The van der Waals surface area contributed by atoms with Crippen molar-refractivity contribution in [2.45, 2.75) is 44.6 Å².